The van der Waals surface area contributed by atoms with Crippen molar-refractivity contribution in [2.75, 3.05) is 26.7 Å². The van der Waals surface area contributed by atoms with Crippen LogP contribution in [0, 0.1) is 0 Å². The van der Waals surface area contributed by atoms with Crippen molar-refractivity contribution in [3.63, 3.8) is 0 Å². The molecule has 0 saturated carbocycles. The highest BCUT2D eigenvalue weighted by atomic mass is 16.5. The van der Waals surface area contributed by atoms with Gasteiger partial charge in [-0.3, -0.25) is 4.99 Å². The monoisotopic (exact) mass is 295 g/mol. The highest BCUT2D eigenvalue weighted by Crippen LogP contribution is 2.24. The molecule has 0 radical (unpaired) electrons. The lowest BCUT2D eigenvalue weighted by atomic mass is 10.0. The lowest BCUT2D eigenvalue weighted by molar-refractivity contribution is 0.0237. The summed E-state index contributed by atoms with van der Waals surface area (Å²) < 4.78 is 11.0. The molecule has 6 nitrogen and oxygen atoms in total. The summed E-state index contributed by atoms with van der Waals surface area (Å²) in [5, 5.41) is 16.7. The summed E-state index contributed by atoms with van der Waals surface area (Å²) in [6, 6.07) is 3.51. The fourth-order valence-corrected chi connectivity index (χ4v) is 2.40. The Morgan fingerprint density at radius 3 is 2.90 bits per heavy atom. The summed E-state index contributed by atoms with van der Waals surface area (Å²) in [4.78, 5) is 4.16. The van der Waals surface area contributed by atoms with Gasteiger partial charge in [0.15, 0.2) is 5.96 Å². The lowest BCUT2D eigenvalue weighted by Gasteiger charge is -2.26. The van der Waals surface area contributed by atoms with E-state index >= 15 is 0 Å². The van der Waals surface area contributed by atoms with E-state index < -0.39 is 5.60 Å². The number of aliphatic hydroxyl groups is 1. The van der Waals surface area contributed by atoms with Gasteiger partial charge in [-0.25, -0.2) is 0 Å². The largest absolute Gasteiger partial charge is 0.466 e. The summed E-state index contributed by atoms with van der Waals surface area (Å²) in [6.07, 6.45) is 3.69. The van der Waals surface area contributed by atoms with Crippen molar-refractivity contribution in [1.82, 2.24) is 10.6 Å². The van der Waals surface area contributed by atoms with Crippen molar-refractivity contribution < 1.29 is 14.3 Å². The summed E-state index contributed by atoms with van der Waals surface area (Å²) in [5.41, 5.74) is -1.23. The minimum Gasteiger partial charge on any atom is -0.466 e. The van der Waals surface area contributed by atoms with Gasteiger partial charge in [-0.15, -0.1) is 0 Å². The predicted octanol–water partition coefficient (Wildman–Crippen LogP) is 1.22. The maximum atomic E-state index is 10.4. The molecule has 21 heavy (non-hydrogen) atoms. The maximum absolute atomic E-state index is 10.4. The first kappa shape index (κ1) is 15.9. The summed E-state index contributed by atoms with van der Waals surface area (Å²) in [5.74, 6) is 1.16. The van der Waals surface area contributed by atoms with Gasteiger partial charge >= 0.3 is 0 Å². The van der Waals surface area contributed by atoms with Gasteiger partial charge in [0, 0.05) is 20.2 Å². The number of rotatable bonds is 5. The van der Waals surface area contributed by atoms with Gasteiger partial charge in [-0.2, -0.15) is 0 Å². The molecule has 1 aliphatic rings. The average molecular weight is 295 g/mol. The highest BCUT2D eigenvalue weighted by molar-refractivity contribution is 5.79. The molecule has 0 aromatic carbocycles. The molecule has 0 spiro atoms. The van der Waals surface area contributed by atoms with Gasteiger partial charge in [-0.05, 0) is 38.8 Å². The summed E-state index contributed by atoms with van der Waals surface area (Å²) in [6.45, 7) is 5.61. The lowest BCUT2D eigenvalue weighted by Crippen LogP contribution is -2.48. The van der Waals surface area contributed by atoms with Crippen LogP contribution < -0.4 is 10.6 Å². The minimum atomic E-state index is -1.09. The molecule has 0 amide bonds. The zero-order chi connectivity index (χ0) is 15.3. The van der Waals surface area contributed by atoms with E-state index in [4.69, 9.17) is 9.15 Å². The molecule has 118 valence electrons. The van der Waals surface area contributed by atoms with Gasteiger partial charge in [-0.1, -0.05) is 0 Å². The van der Waals surface area contributed by atoms with Crippen LogP contribution in [0.2, 0.25) is 0 Å². The maximum Gasteiger partial charge on any atom is 0.191 e. The molecule has 1 aliphatic heterocycles. The number of nitrogens with one attached hydrogen (secondary N) is 2. The third-order valence-electron chi connectivity index (χ3n) is 3.81. The predicted molar refractivity (Wildman–Crippen MR) is 81.2 cm³/mol. The fourth-order valence-electron chi connectivity index (χ4n) is 2.40. The van der Waals surface area contributed by atoms with Crippen LogP contribution >= 0.6 is 0 Å². The van der Waals surface area contributed by atoms with Crippen LogP contribution in [0.15, 0.2) is 27.8 Å². The molecule has 6 heteroatoms. The number of ether oxygens (including phenoxy) is 1. The standard InChI is InChI=1S/C15H25N3O3/c1-14(7-5-9-21-14)10-17-13(16-3)18-11-15(2,19)12-6-4-8-20-12/h4,6,8,19H,5,7,9-11H2,1-3H3,(H2,16,17,18). The van der Waals surface area contributed by atoms with Crippen LogP contribution in [0.3, 0.4) is 0 Å². The molecule has 0 aliphatic carbocycles. The third-order valence-corrected chi connectivity index (χ3v) is 3.81. The van der Waals surface area contributed by atoms with Crippen LogP contribution in [-0.4, -0.2) is 43.4 Å². The number of furan rings is 1. The second-order valence-electron chi connectivity index (χ2n) is 5.93. The molecular weight excluding hydrogens is 270 g/mol. The Kier molecular flexibility index (Phi) is 4.90. The average Bonchev–Trinajstić information content (AvgIpc) is 3.11. The van der Waals surface area contributed by atoms with Crippen molar-refractivity contribution in [2.24, 2.45) is 4.99 Å². The van der Waals surface area contributed by atoms with Gasteiger partial charge in [0.25, 0.3) is 0 Å². The second-order valence-corrected chi connectivity index (χ2v) is 5.93. The van der Waals surface area contributed by atoms with E-state index in [2.05, 4.69) is 22.5 Å². The minimum absolute atomic E-state index is 0.138. The summed E-state index contributed by atoms with van der Waals surface area (Å²) >= 11 is 0. The fraction of sp³-hybridized carbons (Fsp3) is 0.667. The van der Waals surface area contributed by atoms with Crippen molar-refractivity contribution >= 4 is 5.96 Å². The SMILES string of the molecule is CN=C(NCC1(C)CCCO1)NCC(C)(O)c1ccco1. The van der Waals surface area contributed by atoms with Crippen LogP contribution in [0.4, 0.5) is 0 Å². The quantitative estimate of drug-likeness (QED) is 0.562. The first-order valence-electron chi connectivity index (χ1n) is 7.30. The van der Waals surface area contributed by atoms with E-state index in [0.29, 0.717) is 24.8 Å². The molecule has 2 atom stereocenters. The Hall–Kier alpha value is -1.53. The molecule has 2 unspecified atom stereocenters. The Morgan fingerprint density at radius 2 is 2.33 bits per heavy atom. The molecule has 2 heterocycles. The molecule has 0 bridgehead atoms. The zero-order valence-electron chi connectivity index (χ0n) is 13.0. The molecule has 1 aromatic heterocycles. The molecule has 3 N–H and O–H groups in total. The van der Waals surface area contributed by atoms with Crippen molar-refractivity contribution in [2.45, 2.75) is 37.9 Å². The van der Waals surface area contributed by atoms with Crippen LogP contribution in [-0.2, 0) is 10.3 Å². The Bertz CT molecular complexity index is 463. The number of hydrogen-bond donors (Lipinski definition) is 3. The molecule has 1 aromatic rings. The van der Waals surface area contributed by atoms with E-state index in [1.54, 1.807) is 32.4 Å². The first-order chi connectivity index (χ1) is 9.95. The second kappa shape index (κ2) is 6.49. The van der Waals surface area contributed by atoms with Gasteiger partial charge < -0.3 is 24.9 Å². The van der Waals surface area contributed by atoms with E-state index in [-0.39, 0.29) is 5.60 Å². The van der Waals surface area contributed by atoms with Gasteiger partial charge in [0.1, 0.15) is 11.4 Å². The normalized spacial score (nSPS) is 25.6. The number of nitrogens with zero attached hydrogens (tertiary/aromatic N) is 1. The third kappa shape index (κ3) is 4.22. The van der Waals surface area contributed by atoms with Crippen molar-refractivity contribution in [3.05, 3.63) is 24.2 Å². The molecule has 1 saturated heterocycles. The Labute approximate surface area is 125 Å². The molecular formula is C15H25N3O3. The van der Waals surface area contributed by atoms with Crippen molar-refractivity contribution in [3.8, 4) is 0 Å². The zero-order valence-corrected chi connectivity index (χ0v) is 13.0. The van der Waals surface area contributed by atoms with E-state index in [0.717, 1.165) is 19.4 Å². The van der Waals surface area contributed by atoms with Gasteiger partial charge in [0.05, 0.1) is 18.4 Å². The van der Waals surface area contributed by atoms with Crippen LogP contribution in [0.1, 0.15) is 32.4 Å². The number of hydrogen-bond acceptors (Lipinski definition) is 4. The van der Waals surface area contributed by atoms with Gasteiger partial charge in [0.2, 0.25) is 0 Å². The number of aliphatic imine (C=N–C) groups is 1. The van der Waals surface area contributed by atoms with E-state index in [1.165, 1.54) is 0 Å². The molecule has 2 rings (SSSR count). The van der Waals surface area contributed by atoms with E-state index in [1.807, 2.05) is 0 Å². The molecule has 1 fully saturated rings. The van der Waals surface area contributed by atoms with E-state index in [9.17, 15) is 5.11 Å². The topological polar surface area (TPSA) is 79.0 Å². The highest BCUT2D eigenvalue weighted by Gasteiger charge is 2.30. The first-order valence-corrected chi connectivity index (χ1v) is 7.30. The van der Waals surface area contributed by atoms with Crippen LogP contribution in [0.5, 0.6) is 0 Å². The van der Waals surface area contributed by atoms with Crippen LogP contribution in [0.25, 0.3) is 0 Å². The summed E-state index contributed by atoms with van der Waals surface area (Å²) in [7, 11) is 1.70. The van der Waals surface area contributed by atoms with Crippen molar-refractivity contribution in [1.29, 1.82) is 0 Å². The Morgan fingerprint density at radius 1 is 1.52 bits per heavy atom. The smallest absolute Gasteiger partial charge is 0.191 e. The number of guanidine groups is 1. The Balaban J connectivity index is 1.83.